The lowest BCUT2D eigenvalue weighted by Gasteiger charge is -2.27. The number of nitrogens with zero attached hydrogens (tertiary/aromatic N) is 6. The minimum atomic E-state index is 0.534. The van der Waals surface area contributed by atoms with Crippen LogP contribution in [0.15, 0.2) is 54.9 Å². The largest absolute Gasteiger partial charge is 0.378 e. The van der Waals surface area contributed by atoms with Gasteiger partial charge in [0.25, 0.3) is 0 Å². The van der Waals surface area contributed by atoms with Gasteiger partial charge >= 0.3 is 0 Å². The number of ether oxygens (including phenoxy) is 1. The van der Waals surface area contributed by atoms with Gasteiger partial charge in [-0.2, -0.15) is 0 Å². The molecular formula is C27H31N7OS. The Morgan fingerprint density at radius 1 is 1.06 bits per heavy atom. The van der Waals surface area contributed by atoms with Crippen molar-refractivity contribution in [2.24, 2.45) is 0 Å². The molecule has 0 radical (unpaired) electrons. The molecule has 0 bridgehead atoms. The first-order valence-electron chi connectivity index (χ1n) is 12.3. The summed E-state index contributed by atoms with van der Waals surface area (Å²) in [5, 5.41) is 4.43. The number of aryl methyl sites for hydroxylation is 1. The quantitative estimate of drug-likeness (QED) is 0.350. The van der Waals surface area contributed by atoms with Gasteiger partial charge in [-0.3, -0.25) is 0 Å². The van der Waals surface area contributed by atoms with Crippen LogP contribution >= 0.6 is 11.3 Å². The standard InChI is InChI=1S/C27H31N7OS/c1-4-6-24-32-25(19-7-5-8-21(17-19)33(2)3)26(36-24)22-11-12-28-27(31-22)30-20-9-10-23(29-18-20)34-13-15-35-16-14-34/h5,7-12,17-18H,4,6,13-16H2,1-3H3,(H,28,30,31). The number of rotatable bonds is 8. The van der Waals surface area contributed by atoms with E-state index in [0.717, 1.165) is 83.2 Å². The predicted molar refractivity (Wildman–Crippen MR) is 147 cm³/mol. The van der Waals surface area contributed by atoms with Crippen LogP contribution in [0.2, 0.25) is 0 Å². The van der Waals surface area contributed by atoms with Crippen molar-refractivity contribution in [1.82, 2.24) is 19.9 Å². The van der Waals surface area contributed by atoms with Crippen molar-refractivity contribution in [3.63, 3.8) is 0 Å². The summed E-state index contributed by atoms with van der Waals surface area (Å²) in [6.45, 7) is 5.38. The number of anilines is 4. The molecule has 0 saturated carbocycles. The Hall–Kier alpha value is -3.56. The van der Waals surface area contributed by atoms with Gasteiger partial charge in [0, 0.05) is 44.6 Å². The molecular weight excluding hydrogens is 470 g/mol. The molecule has 1 fully saturated rings. The Bertz CT molecular complexity index is 1300. The highest BCUT2D eigenvalue weighted by Gasteiger charge is 2.18. The summed E-state index contributed by atoms with van der Waals surface area (Å²) in [5.74, 6) is 1.49. The maximum absolute atomic E-state index is 5.44. The molecule has 1 N–H and O–H groups in total. The molecule has 0 amide bonds. The summed E-state index contributed by atoms with van der Waals surface area (Å²) in [5.41, 5.74) is 4.90. The van der Waals surface area contributed by atoms with E-state index < -0.39 is 0 Å². The summed E-state index contributed by atoms with van der Waals surface area (Å²) < 4.78 is 5.44. The zero-order valence-corrected chi connectivity index (χ0v) is 21.8. The maximum atomic E-state index is 5.44. The fourth-order valence-electron chi connectivity index (χ4n) is 4.10. The maximum Gasteiger partial charge on any atom is 0.227 e. The van der Waals surface area contributed by atoms with Crippen molar-refractivity contribution in [2.75, 3.05) is 55.5 Å². The molecule has 1 saturated heterocycles. The van der Waals surface area contributed by atoms with Crippen LogP contribution in [0, 0.1) is 0 Å². The second-order valence-electron chi connectivity index (χ2n) is 8.88. The Kier molecular flexibility index (Phi) is 7.39. The third-order valence-electron chi connectivity index (χ3n) is 6.00. The summed E-state index contributed by atoms with van der Waals surface area (Å²) >= 11 is 1.71. The van der Waals surface area contributed by atoms with E-state index in [4.69, 9.17) is 14.7 Å². The molecule has 0 spiro atoms. The van der Waals surface area contributed by atoms with Crippen molar-refractivity contribution < 1.29 is 4.74 Å². The molecule has 8 nitrogen and oxygen atoms in total. The number of hydrogen-bond acceptors (Lipinski definition) is 9. The van der Waals surface area contributed by atoms with Crippen molar-refractivity contribution in [3.8, 4) is 21.8 Å². The SMILES string of the molecule is CCCc1nc(-c2cccc(N(C)C)c2)c(-c2ccnc(Nc3ccc(N4CCOCC4)nc3)n2)s1. The fraction of sp³-hybridized carbons (Fsp3) is 0.333. The predicted octanol–water partition coefficient (Wildman–Crippen LogP) is 5.26. The van der Waals surface area contributed by atoms with Crippen LogP contribution in [-0.4, -0.2) is 60.3 Å². The molecule has 36 heavy (non-hydrogen) atoms. The number of pyridine rings is 1. The highest BCUT2D eigenvalue weighted by molar-refractivity contribution is 7.15. The minimum Gasteiger partial charge on any atom is -0.378 e. The fourth-order valence-corrected chi connectivity index (χ4v) is 5.26. The first-order chi connectivity index (χ1) is 17.6. The van der Waals surface area contributed by atoms with Gasteiger partial charge in [0.2, 0.25) is 5.95 Å². The van der Waals surface area contributed by atoms with Crippen LogP contribution in [0.25, 0.3) is 21.8 Å². The van der Waals surface area contributed by atoms with Gasteiger partial charge in [-0.05, 0) is 43.2 Å². The smallest absolute Gasteiger partial charge is 0.227 e. The zero-order valence-electron chi connectivity index (χ0n) is 20.9. The van der Waals surface area contributed by atoms with Crippen molar-refractivity contribution in [2.45, 2.75) is 19.8 Å². The highest BCUT2D eigenvalue weighted by Crippen LogP contribution is 2.37. The molecule has 9 heteroatoms. The molecule has 1 aliphatic heterocycles. The second kappa shape index (κ2) is 11.0. The number of morpholine rings is 1. The number of benzene rings is 1. The molecule has 1 aliphatic rings. The van der Waals surface area contributed by atoms with E-state index in [1.807, 2.05) is 38.5 Å². The lowest BCUT2D eigenvalue weighted by atomic mass is 10.1. The van der Waals surface area contributed by atoms with Crippen LogP contribution in [-0.2, 0) is 11.2 Å². The van der Waals surface area contributed by atoms with Crippen LogP contribution < -0.4 is 15.1 Å². The third-order valence-corrected chi connectivity index (χ3v) is 7.14. The number of hydrogen-bond donors (Lipinski definition) is 1. The molecule has 4 heterocycles. The average Bonchev–Trinajstić information content (AvgIpc) is 3.34. The van der Waals surface area contributed by atoms with Gasteiger partial charge in [0.1, 0.15) is 5.82 Å². The van der Waals surface area contributed by atoms with Crippen molar-refractivity contribution in [3.05, 3.63) is 59.9 Å². The van der Waals surface area contributed by atoms with E-state index in [2.05, 4.69) is 56.3 Å². The first kappa shape index (κ1) is 24.1. The molecule has 5 rings (SSSR count). The average molecular weight is 502 g/mol. The Labute approximate surface area is 216 Å². The van der Waals surface area contributed by atoms with Gasteiger partial charge in [-0.15, -0.1) is 11.3 Å². The molecule has 0 aliphatic carbocycles. The Morgan fingerprint density at radius 3 is 2.67 bits per heavy atom. The molecule has 1 aromatic carbocycles. The number of thiazole rings is 1. The molecule has 3 aromatic heterocycles. The zero-order chi connectivity index (χ0) is 24.9. The van der Waals surface area contributed by atoms with Gasteiger partial charge in [0.15, 0.2) is 0 Å². The van der Waals surface area contributed by atoms with Crippen molar-refractivity contribution in [1.29, 1.82) is 0 Å². The topological polar surface area (TPSA) is 79.3 Å². The van der Waals surface area contributed by atoms with Crippen LogP contribution in [0.5, 0.6) is 0 Å². The van der Waals surface area contributed by atoms with Crippen LogP contribution in [0.4, 0.5) is 23.1 Å². The van der Waals surface area contributed by atoms with E-state index >= 15 is 0 Å². The summed E-state index contributed by atoms with van der Waals surface area (Å²) in [6.07, 6.45) is 5.61. The lowest BCUT2D eigenvalue weighted by Crippen LogP contribution is -2.36. The van der Waals surface area contributed by atoms with E-state index in [1.165, 1.54) is 0 Å². The minimum absolute atomic E-state index is 0.534. The summed E-state index contributed by atoms with van der Waals surface area (Å²) in [4.78, 5) is 24.3. The van der Waals surface area contributed by atoms with E-state index in [-0.39, 0.29) is 0 Å². The monoisotopic (exact) mass is 501 g/mol. The van der Waals surface area contributed by atoms with Crippen LogP contribution in [0.1, 0.15) is 18.4 Å². The lowest BCUT2D eigenvalue weighted by molar-refractivity contribution is 0.122. The first-order valence-corrected chi connectivity index (χ1v) is 13.1. The Balaban J connectivity index is 1.42. The number of nitrogens with one attached hydrogen (secondary N) is 1. The summed E-state index contributed by atoms with van der Waals surface area (Å²) in [7, 11) is 4.10. The molecule has 0 atom stereocenters. The van der Waals surface area contributed by atoms with Crippen LogP contribution in [0.3, 0.4) is 0 Å². The van der Waals surface area contributed by atoms with E-state index in [1.54, 1.807) is 17.5 Å². The van der Waals surface area contributed by atoms with Gasteiger partial charge < -0.3 is 19.9 Å². The normalized spacial score (nSPS) is 13.6. The van der Waals surface area contributed by atoms with Gasteiger partial charge in [-0.1, -0.05) is 19.1 Å². The Morgan fingerprint density at radius 2 is 1.92 bits per heavy atom. The molecule has 0 unspecified atom stereocenters. The summed E-state index contributed by atoms with van der Waals surface area (Å²) in [6, 6.07) is 14.5. The highest BCUT2D eigenvalue weighted by atomic mass is 32.1. The van der Waals surface area contributed by atoms with Crippen molar-refractivity contribution >= 4 is 34.5 Å². The second-order valence-corrected chi connectivity index (χ2v) is 9.96. The van der Waals surface area contributed by atoms with Gasteiger partial charge in [-0.25, -0.2) is 19.9 Å². The molecule has 186 valence electrons. The van der Waals surface area contributed by atoms with E-state index in [0.29, 0.717) is 5.95 Å². The number of aromatic nitrogens is 4. The van der Waals surface area contributed by atoms with E-state index in [9.17, 15) is 0 Å². The molecule has 4 aromatic rings. The third kappa shape index (κ3) is 5.47. The van der Waals surface area contributed by atoms with Gasteiger partial charge in [0.05, 0.1) is 46.4 Å².